The van der Waals surface area contributed by atoms with Gasteiger partial charge < -0.3 is 10.1 Å². The van der Waals surface area contributed by atoms with Gasteiger partial charge in [-0.05, 0) is 46.7 Å². The molecule has 0 saturated heterocycles. The normalized spacial score (nSPS) is 17.2. The second kappa shape index (κ2) is 5.04. The number of hydrogen-bond donors (Lipinski definition) is 1. The molecule has 2 heteroatoms. The van der Waals surface area contributed by atoms with Crippen molar-refractivity contribution in [2.75, 3.05) is 0 Å². The molecule has 2 aromatic carbocycles. The molecule has 0 amide bonds. The summed E-state index contributed by atoms with van der Waals surface area (Å²) in [7, 11) is 0. The van der Waals surface area contributed by atoms with E-state index in [4.69, 9.17) is 4.74 Å². The van der Waals surface area contributed by atoms with E-state index in [1.54, 1.807) is 0 Å². The standard InChI is InChI=1S/C18H19NO/c1-2-4-18(14(3-1)10-19-17-7-8-17)13-5-6-15-11-20-12-16(15)9-13/h1-6,9,17,19H,7-8,10-12H2. The minimum Gasteiger partial charge on any atom is -0.372 e. The van der Waals surface area contributed by atoms with Crippen LogP contribution in [0, 0.1) is 0 Å². The first-order valence-corrected chi connectivity index (χ1v) is 7.41. The maximum atomic E-state index is 5.51. The third-order valence-corrected chi connectivity index (χ3v) is 4.21. The summed E-state index contributed by atoms with van der Waals surface area (Å²) >= 11 is 0. The highest BCUT2D eigenvalue weighted by molar-refractivity contribution is 5.68. The van der Waals surface area contributed by atoms with E-state index in [1.165, 1.54) is 40.7 Å². The average Bonchev–Trinajstić information content (AvgIpc) is 3.20. The quantitative estimate of drug-likeness (QED) is 0.911. The molecular formula is C18H19NO. The van der Waals surface area contributed by atoms with Gasteiger partial charge >= 0.3 is 0 Å². The Labute approximate surface area is 119 Å². The van der Waals surface area contributed by atoms with Gasteiger partial charge in [-0.3, -0.25) is 0 Å². The maximum absolute atomic E-state index is 5.51. The second-order valence-corrected chi connectivity index (χ2v) is 5.79. The molecule has 0 radical (unpaired) electrons. The lowest BCUT2D eigenvalue weighted by Gasteiger charge is -2.11. The number of nitrogens with one attached hydrogen (secondary N) is 1. The van der Waals surface area contributed by atoms with Gasteiger partial charge in [0.2, 0.25) is 0 Å². The van der Waals surface area contributed by atoms with Crippen molar-refractivity contribution < 1.29 is 4.74 Å². The number of ether oxygens (including phenoxy) is 1. The molecule has 0 bridgehead atoms. The van der Waals surface area contributed by atoms with E-state index < -0.39 is 0 Å². The molecule has 0 unspecified atom stereocenters. The molecule has 0 aromatic heterocycles. The van der Waals surface area contributed by atoms with Crippen LogP contribution in [0.5, 0.6) is 0 Å². The fourth-order valence-corrected chi connectivity index (χ4v) is 2.84. The lowest BCUT2D eigenvalue weighted by molar-refractivity contribution is 0.134. The first kappa shape index (κ1) is 12.1. The van der Waals surface area contributed by atoms with Crippen LogP contribution in [0.4, 0.5) is 0 Å². The van der Waals surface area contributed by atoms with Crippen molar-refractivity contribution in [1.82, 2.24) is 5.32 Å². The van der Waals surface area contributed by atoms with E-state index in [2.05, 4.69) is 47.8 Å². The summed E-state index contributed by atoms with van der Waals surface area (Å²) in [6, 6.07) is 16.2. The van der Waals surface area contributed by atoms with Crippen LogP contribution in [-0.2, 0) is 24.5 Å². The van der Waals surface area contributed by atoms with E-state index in [1.807, 2.05) is 0 Å². The molecule has 1 saturated carbocycles. The maximum Gasteiger partial charge on any atom is 0.0725 e. The molecule has 2 nitrogen and oxygen atoms in total. The summed E-state index contributed by atoms with van der Waals surface area (Å²) in [4.78, 5) is 0. The summed E-state index contributed by atoms with van der Waals surface area (Å²) in [5.74, 6) is 0. The lowest BCUT2D eigenvalue weighted by atomic mass is 9.96. The molecule has 102 valence electrons. The zero-order chi connectivity index (χ0) is 13.4. The van der Waals surface area contributed by atoms with Gasteiger partial charge in [-0.1, -0.05) is 36.4 Å². The first-order valence-electron chi connectivity index (χ1n) is 7.41. The molecule has 0 atom stereocenters. The predicted molar refractivity (Wildman–Crippen MR) is 80.2 cm³/mol. The monoisotopic (exact) mass is 265 g/mol. The van der Waals surface area contributed by atoms with E-state index >= 15 is 0 Å². The third-order valence-electron chi connectivity index (χ3n) is 4.21. The molecular weight excluding hydrogens is 246 g/mol. The zero-order valence-electron chi connectivity index (χ0n) is 11.6. The fraction of sp³-hybridized carbons (Fsp3) is 0.333. The van der Waals surface area contributed by atoms with Gasteiger partial charge in [-0.15, -0.1) is 0 Å². The molecule has 4 rings (SSSR count). The summed E-state index contributed by atoms with van der Waals surface area (Å²) < 4.78 is 5.51. The van der Waals surface area contributed by atoms with E-state index in [0.29, 0.717) is 0 Å². The van der Waals surface area contributed by atoms with Crippen LogP contribution < -0.4 is 5.32 Å². The Balaban J connectivity index is 1.66. The van der Waals surface area contributed by atoms with Gasteiger partial charge in [-0.25, -0.2) is 0 Å². The van der Waals surface area contributed by atoms with Crippen molar-refractivity contribution in [2.24, 2.45) is 0 Å². The van der Waals surface area contributed by atoms with Crippen molar-refractivity contribution in [3.8, 4) is 11.1 Å². The zero-order valence-corrected chi connectivity index (χ0v) is 11.6. The van der Waals surface area contributed by atoms with Crippen molar-refractivity contribution in [2.45, 2.75) is 38.6 Å². The van der Waals surface area contributed by atoms with Crippen molar-refractivity contribution in [3.63, 3.8) is 0 Å². The molecule has 20 heavy (non-hydrogen) atoms. The molecule has 1 aliphatic heterocycles. The van der Waals surface area contributed by atoms with Gasteiger partial charge in [-0.2, -0.15) is 0 Å². The van der Waals surface area contributed by atoms with Gasteiger partial charge in [0.1, 0.15) is 0 Å². The number of rotatable bonds is 4. The van der Waals surface area contributed by atoms with Crippen LogP contribution in [0.15, 0.2) is 42.5 Å². The van der Waals surface area contributed by atoms with E-state index in [9.17, 15) is 0 Å². The molecule has 1 heterocycles. The van der Waals surface area contributed by atoms with Crippen molar-refractivity contribution >= 4 is 0 Å². The van der Waals surface area contributed by atoms with Crippen molar-refractivity contribution in [1.29, 1.82) is 0 Å². The van der Waals surface area contributed by atoms with Gasteiger partial charge in [0.05, 0.1) is 13.2 Å². The molecule has 1 N–H and O–H groups in total. The van der Waals surface area contributed by atoms with Crippen molar-refractivity contribution in [3.05, 3.63) is 59.2 Å². The van der Waals surface area contributed by atoms with Crippen LogP contribution in [0.1, 0.15) is 29.5 Å². The molecule has 1 aliphatic carbocycles. The highest BCUT2D eigenvalue weighted by Crippen LogP contribution is 2.29. The Kier molecular flexibility index (Phi) is 3.06. The molecule has 1 fully saturated rings. The predicted octanol–water partition coefficient (Wildman–Crippen LogP) is 3.64. The highest BCUT2D eigenvalue weighted by Gasteiger charge is 2.20. The van der Waals surface area contributed by atoms with Crippen LogP contribution in [0.25, 0.3) is 11.1 Å². The van der Waals surface area contributed by atoms with Crippen LogP contribution >= 0.6 is 0 Å². The van der Waals surface area contributed by atoms with E-state index in [-0.39, 0.29) is 0 Å². The third kappa shape index (κ3) is 2.37. The molecule has 2 aromatic rings. The topological polar surface area (TPSA) is 21.3 Å². The summed E-state index contributed by atoms with van der Waals surface area (Å²) in [5.41, 5.74) is 6.71. The van der Waals surface area contributed by atoms with Gasteiger partial charge in [0.15, 0.2) is 0 Å². The number of fused-ring (bicyclic) bond motifs is 1. The van der Waals surface area contributed by atoms with Gasteiger partial charge in [0.25, 0.3) is 0 Å². The number of benzene rings is 2. The van der Waals surface area contributed by atoms with Gasteiger partial charge in [0, 0.05) is 12.6 Å². The Bertz CT molecular complexity index is 631. The average molecular weight is 265 g/mol. The Morgan fingerprint density at radius 1 is 1.00 bits per heavy atom. The summed E-state index contributed by atoms with van der Waals surface area (Å²) in [6.45, 7) is 2.49. The summed E-state index contributed by atoms with van der Waals surface area (Å²) in [6.07, 6.45) is 2.66. The second-order valence-electron chi connectivity index (χ2n) is 5.79. The fourth-order valence-electron chi connectivity index (χ4n) is 2.84. The first-order chi connectivity index (χ1) is 9.90. The minimum atomic E-state index is 0.747. The SMILES string of the molecule is c1ccc(-c2ccc3c(c2)COC3)c(CNC2CC2)c1. The Hall–Kier alpha value is -1.64. The minimum absolute atomic E-state index is 0.747. The smallest absolute Gasteiger partial charge is 0.0725 e. The number of hydrogen-bond acceptors (Lipinski definition) is 2. The van der Waals surface area contributed by atoms with Crippen LogP contribution in [-0.4, -0.2) is 6.04 Å². The molecule has 2 aliphatic rings. The van der Waals surface area contributed by atoms with Crippen LogP contribution in [0.2, 0.25) is 0 Å². The van der Waals surface area contributed by atoms with E-state index in [0.717, 1.165) is 25.8 Å². The largest absolute Gasteiger partial charge is 0.372 e. The highest BCUT2D eigenvalue weighted by atomic mass is 16.5. The summed E-state index contributed by atoms with van der Waals surface area (Å²) in [5, 5.41) is 3.61. The Morgan fingerprint density at radius 3 is 2.75 bits per heavy atom. The Morgan fingerprint density at radius 2 is 1.85 bits per heavy atom. The molecule has 0 spiro atoms. The van der Waals surface area contributed by atoms with Crippen LogP contribution in [0.3, 0.4) is 0 Å². The lowest BCUT2D eigenvalue weighted by Crippen LogP contribution is -2.15.